The topological polar surface area (TPSA) is 92.1 Å². The van der Waals surface area contributed by atoms with Crippen LogP contribution in [0.2, 0.25) is 0 Å². The molecule has 6 heteroatoms. The van der Waals surface area contributed by atoms with E-state index < -0.39 is 23.5 Å². The van der Waals surface area contributed by atoms with E-state index in [2.05, 4.69) is 11.4 Å². The molecule has 1 aliphatic rings. The average molecular weight is 393 g/mol. The van der Waals surface area contributed by atoms with Crippen LogP contribution in [-0.2, 0) is 22.4 Å². The summed E-state index contributed by atoms with van der Waals surface area (Å²) in [6.07, 6.45) is 2.65. The van der Waals surface area contributed by atoms with Gasteiger partial charge in [0, 0.05) is 11.1 Å². The van der Waals surface area contributed by atoms with Gasteiger partial charge in [0.2, 0.25) is 0 Å². The molecule has 0 saturated heterocycles. The van der Waals surface area contributed by atoms with Gasteiger partial charge in [0.05, 0.1) is 17.1 Å². The Morgan fingerprint density at radius 2 is 1.90 bits per heavy atom. The Morgan fingerprint density at radius 3 is 2.59 bits per heavy atom. The summed E-state index contributed by atoms with van der Waals surface area (Å²) in [5.41, 5.74) is 2.11. The van der Waals surface area contributed by atoms with E-state index in [9.17, 15) is 14.9 Å². The molecule has 1 N–H and O–H groups in total. The Balaban J connectivity index is 1.88. The van der Waals surface area contributed by atoms with E-state index in [1.807, 2.05) is 38.1 Å². The van der Waals surface area contributed by atoms with Gasteiger partial charge in [-0.05, 0) is 57.1 Å². The first-order chi connectivity index (χ1) is 13.8. The number of aromatic nitrogens is 1. The van der Waals surface area contributed by atoms with Crippen molar-refractivity contribution < 1.29 is 14.3 Å². The molecule has 0 aliphatic heterocycles. The molecule has 0 fully saturated rings. The molecule has 0 saturated carbocycles. The van der Waals surface area contributed by atoms with E-state index >= 15 is 0 Å². The number of nitrogens with one attached hydrogen (secondary N) is 1. The molecule has 1 heterocycles. The molecule has 1 amide bonds. The van der Waals surface area contributed by atoms with Crippen LogP contribution in [0.25, 0.3) is 10.9 Å². The number of para-hydroxylation sites is 1. The Hall–Kier alpha value is -2.94. The number of carbonyl (C=O) groups excluding carboxylic acids is 2. The van der Waals surface area contributed by atoms with Crippen molar-refractivity contribution in [2.24, 2.45) is 5.92 Å². The molecule has 152 valence electrons. The number of ether oxygens (including phenoxy) is 1. The molecule has 0 radical (unpaired) electrons. The zero-order valence-electron chi connectivity index (χ0n) is 17.4. The molecule has 1 aromatic heterocycles. The van der Waals surface area contributed by atoms with E-state index in [0.717, 1.165) is 47.8 Å². The molecule has 0 bridgehead atoms. The SMILES string of the molecule is CC(C)[C@@](C)(C#N)NC(=O)[C@H](C)OC(=O)c1c2c(nc3ccccc13)CCCC2. The Kier molecular flexibility index (Phi) is 5.88. The first-order valence-corrected chi connectivity index (χ1v) is 10.1. The second-order valence-corrected chi connectivity index (χ2v) is 8.14. The van der Waals surface area contributed by atoms with E-state index in [4.69, 9.17) is 9.72 Å². The van der Waals surface area contributed by atoms with Gasteiger partial charge in [0.25, 0.3) is 5.91 Å². The molecular formula is C23H27N3O3. The van der Waals surface area contributed by atoms with Crippen molar-refractivity contribution in [2.75, 3.05) is 0 Å². The third-order valence-corrected chi connectivity index (χ3v) is 5.80. The number of aryl methyl sites for hydroxylation is 1. The van der Waals surface area contributed by atoms with E-state index in [-0.39, 0.29) is 5.92 Å². The first kappa shape index (κ1) is 20.8. The number of nitriles is 1. The van der Waals surface area contributed by atoms with Crippen LogP contribution >= 0.6 is 0 Å². The molecule has 3 rings (SSSR count). The molecule has 2 atom stereocenters. The smallest absolute Gasteiger partial charge is 0.339 e. The minimum absolute atomic E-state index is 0.0875. The molecular weight excluding hydrogens is 366 g/mol. The third-order valence-electron chi connectivity index (χ3n) is 5.80. The molecule has 1 aliphatic carbocycles. The van der Waals surface area contributed by atoms with Gasteiger partial charge in [-0.15, -0.1) is 0 Å². The highest BCUT2D eigenvalue weighted by molar-refractivity contribution is 6.05. The van der Waals surface area contributed by atoms with Gasteiger partial charge in [-0.3, -0.25) is 9.78 Å². The molecule has 6 nitrogen and oxygen atoms in total. The van der Waals surface area contributed by atoms with Gasteiger partial charge < -0.3 is 10.1 Å². The highest BCUT2D eigenvalue weighted by Crippen LogP contribution is 2.30. The summed E-state index contributed by atoms with van der Waals surface area (Å²) in [4.78, 5) is 30.4. The zero-order valence-corrected chi connectivity index (χ0v) is 17.4. The second kappa shape index (κ2) is 8.20. The van der Waals surface area contributed by atoms with Crippen LogP contribution in [0, 0.1) is 17.2 Å². The second-order valence-electron chi connectivity index (χ2n) is 8.14. The summed E-state index contributed by atoms with van der Waals surface area (Å²) in [6.45, 7) is 6.91. The first-order valence-electron chi connectivity index (χ1n) is 10.1. The van der Waals surface area contributed by atoms with Crippen molar-refractivity contribution in [3.05, 3.63) is 41.1 Å². The number of benzene rings is 1. The summed E-state index contributed by atoms with van der Waals surface area (Å²) in [6, 6.07) is 9.65. The quantitative estimate of drug-likeness (QED) is 0.782. The standard InChI is InChI=1S/C23H27N3O3/c1-14(2)23(4,13-24)26-21(27)15(3)29-22(28)20-16-9-5-7-11-18(16)25-19-12-8-6-10-17(19)20/h5,7,9,11,14-15H,6,8,10,12H2,1-4H3,(H,26,27)/t15-,23+/m0/s1. The summed E-state index contributed by atoms with van der Waals surface area (Å²) in [5, 5.41) is 12.9. The van der Waals surface area contributed by atoms with Gasteiger partial charge in [-0.1, -0.05) is 32.0 Å². The minimum atomic E-state index is -1.03. The maximum absolute atomic E-state index is 13.1. The number of amides is 1. The monoisotopic (exact) mass is 393 g/mol. The third kappa shape index (κ3) is 4.09. The predicted octanol–water partition coefficient (Wildman–Crippen LogP) is 3.71. The summed E-state index contributed by atoms with van der Waals surface area (Å²) in [5.74, 6) is -1.09. The van der Waals surface area contributed by atoms with E-state index in [1.54, 1.807) is 6.92 Å². The fraction of sp³-hybridized carbons (Fsp3) is 0.478. The average Bonchev–Trinajstić information content (AvgIpc) is 2.71. The van der Waals surface area contributed by atoms with Crippen LogP contribution in [0.3, 0.4) is 0 Å². The summed E-state index contributed by atoms with van der Waals surface area (Å²) in [7, 11) is 0. The fourth-order valence-electron chi connectivity index (χ4n) is 3.54. The van der Waals surface area contributed by atoms with Crippen molar-refractivity contribution in [1.82, 2.24) is 10.3 Å². The van der Waals surface area contributed by atoms with Crippen molar-refractivity contribution in [3.63, 3.8) is 0 Å². The van der Waals surface area contributed by atoms with Crippen molar-refractivity contribution in [3.8, 4) is 6.07 Å². The Bertz CT molecular complexity index is 993. The normalized spacial score (nSPS) is 16.4. The number of nitrogens with zero attached hydrogens (tertiary/aromatic N) is 2. The van der Waals surface area contributed by atoms with Crippen LogP contribution in [0.5, 0.6) is 0 Å². The van der Waals surface area contributed by atoms with Gasteiger partial charge in [0.15, 0.2) is 6.10 Å². The molecule has 0 spiro atoms. The molecule has 0 unspecified atom stereocenters. The lowest BCUT2D eigenvalue weighted by Crippen LogP contribution is -2.52. The largest absolute Gasteiger partial charge is 0.449 e. The van der Waals surface area contributed by atoms with Gasteiger partial charge in [0.1, 0.15) is 5.54 Å². The number of pyridine rings is 1. The lowest BCUT2D eigenvalue weighted by atomic mass is 9.89. The highest BCUT2D eigenvalue weighted by atomic mass is 16.5. The van der Waals surface area contributed by atoms with E-state index in [0.29, 0.717) is 5.56 Å². The number of carbonyl (C=O) groups is 2. The molecule has 1 aromatic carbocycles. The fourth-order valence-corrected chi connectivity index (χ4v) is 3.54. The van der Waals surface area contributed by atoms with Gasteiger partial charge in [-0.25, -0.2) is 4.79 Å². The Labute approximate surface area is 171 Å². The number of esters is 1. The Morgan fingerprint density at radius 1 is 1.21 bits per heavy atom. The van der Waals surface area contributed by atoms with E-state index in [1.165, 1.54) is 6.92 Å². The zero-order chi connectivity index (χ0) is 21.2. The van der Waals surface area contributed by atoms with Gasteiger partial charge in [-0.2, -0.15) is 5.26 Å². The summed E-state index contributed by atoms with van der Waals surface area (Å²) < 4.78 is 5.55. The highest BCUT2D eigenvalue weighted by Gasteiger charge is 2.33. The van der Waals surface area contributed by atoms with Crippen molar-refractivity contribution >= 4 is 22.8 Å². The number of rotatable bonds is 5. The van der Waals surface area contributed by atoms with Crippen LogP contribution in [0.15, 0.2) is 24.3 Å². The predicted molar refractivity (Wildman–Crippen MR) is 110 cm³/mol. The number of fused-ring (bicyclic) bond motifs is 2. The number of hydrogen-bond acceptors (Lipinski definition) is 5. The van der Waals surface area contributed by atoms with Crippen molar-refractivity contribution in [1.29, 1.82) is 5.26 Å². The van der Waals surface area contributed by atoms with Gasteiger partial charge >= 0.3 is 5.97 Å². The lowest BCUT2D eigenvalue weighted by molar-refractivity contribution is -0.130. The maximum atomic E-state index is 13.1. The lowest BCUT2D eigenvalue weighted by Gasteiger charge is -2.28. The van der Waals surface area contributed by atoms with Crippen LogP contribution in [-0.4, -0.2) is 28.5 Å². The van der Waals surface area contributed by atoms with Crippen LogP contribution < -0.4 is 5.32 Å². The maximum Gasteiger partial charge on any atom is 0.339 e. The van der Waals surface area contributed by atoms with Crippen molar-refractivity contribution in [2.45, 2.75) is 65.0 Å². The minimum Gasteiger partial charge on any atom is -0.449 e. The van der Waals surface area contributed by atoms with Crippen LogP contribution in [0.4, 0.5) is 0 Å². The summed E-state index contributed by atoms with van der Waals surface area (Å²) >= 11 is 0. The number of hydrogen-bond donors (Lipinski definition) is 1. The molecule has 2 aromatic rings. The van der Waals surface area contributed by atoms with Crippen LogP contribution in [0.1, 0.15) is 62.2 Å². The molecule has 29 heavy (non-hydrogen) atoms.